The van der Waals surface area contributed by atoms with E-state index in [9.17, 15) is 9.90 Å². The molecule has 1 heterocycles. The summed E-state index contributed by atoms with van der Waals surface area (Å²) >= 11 is 0. The maximum absolute atomic E-state index is 12.4. The lowest BCUT2D eigenvalue weighted by atomic mass is 9.88. The highest BCUT2D eigenvalue weighted by atomic mass is 16.3. The molecule has 0 aromatic heterocycles. The number of fused-ring (bicyclic) bond motifs is 5. The minimum Gasteiger partial charge on any atom is -0.386 e. The minimum atomic E-state index is -0.562. The van der Waals surface area contributed by atoms with Crippen molar-refractivity contribution in [1.29, 1.82) is 0 Å². The number of carbonyl (C=O) groups is 1. The highest BCUT2D eigenvalue weighted by Crippen LogP contribution is 2.69. The lowest BCUT2D eigenvalue weighted by Gasteiger charge is -2.47. The van der Waals surface area contributed by atoms with Crippen LogP contribution in [0.25, 0.3) is 0 Å². The highest BCUT2D eigenvalue weighted by molar-refractivity contribution is 5.84. The van der Waals surface area contributed by atoms with Gasteiger partial charge in [0.1, 0.15) is 0 Å². The number of amides is 1. The summed E-state index contributed by atoms with van der Waals surface area (Å²) in [7, 11) is 0. The largest absolute Gasteiger partial charge is 0.386 e. The molecule has 0 radical (unpaired) electrons. The van der Waals surface area contributed by atoms with Crippen molar-refractivity contribution in [3.63, 3.8) is 0 Å². The molecule has 3 saturated carbocycles. The molecule has 1 aliphatic heterocycles. The topological polar surface area (TPSA) is 40.5 Å². The molecule has 100 valence electrons. The van der Waals surface area contributed by atoms with Crippen molar-refractivity contribution in [3.05, 3.63) is 0 Å². The monoisotopic (exact) mass is 249 g/mol. The molecule has 18 heavy (non-hydrogen) atoms. The summed E-state index contributed by atoms with van der Waals surface area (Å²) in [5, 5.41) is 10.2. The van der Waals surface area contributed by atoms with E-state index in [0.717, 1.165) is 36.5 Å². The van der Waals surface area contributed by atoms with Gasteiger partial charge in [-0.15, -0.1) is 0 Å². The van der Waals surface area contributed by atoms with Crippen LogP contribution in [0.2, 0.25) is 0 Å². The molecule has 4 aliphatic rings. The van der Waals surface area contributed by atoms with Crippen molar-refractivity contribution in [3.8, 4) is 0 Å². The average Bonchev–Trinajstić information content (AvgIpc) is 2.74. The van der Waals surface area contributed by atoms with E-state index in [1.54, 1.807) is 0 Å². The molecule has 3 aliphatic carbocycles. The zero-order chi connectivity index (χ0) is 12.5. The van der Waals surface area contributed by atoms with E-state index >= 15 is 0 Å². The summed E-state index contributed by atoms with van der Waals surface area (Å²) in [6.45, 7) is 3.27. The van der Waals surface area contributed by atoms with Gasteiger partial charge in [-0.3, -0.25) is 4.79 Å². The summed E-state index contributed by atoms with van der Waals surface area (Å²) in [5.74, 6) is 3.91. The van der Waals surface area contributed by atoms with Crippen molar-refractivity contribution >= 4 is 5.91 Å². The van der Waals surface area contributed by atoms with Gasteiger partial charge in [-0.2, -0.15) is 0 Å². The van der Waals surface area contributed by atoms with E-state index in [2.05, 4.69) is 6.92 Å². The summed E-state index contributed by atoms with van der Waals surface area (Å²) in [6, 6.07) is 0. The first kappa shape index (κ1) is 11.3. The van der Waals surface area contributed by atoms with Gasteiger partial charge in [-0.1, -0.05) is 13.3 Å². The molecule has 3 heteroatoms. The van der Waals surface area contributed by atoms with E-state index in [0.29, 0.717) is 24.9 Å². The first-order chi connectivity index (χ1) is 8.63. The molecule has 4 atom stereocenters. The van der Waals surface area contributed by atoms with Crippen LogP contribution < -0.4 is 0 Å². The fraction of sp³-hybridized carbons (Fsp3) is 0.933. The molecule has 1 N–H and O–H groups in total. The number of hydrogen-bond acceptors (Lipinski definition) is 2. The third-order valence-corrected chi connectivity index (χ3v) is 6.02. The second-order valence-corrected chi connectivity index (χ2v) is 7.18. The maximum atomic E-state index is 12.4. The molecule has 0 aromatic rings. The number of hydrogen-bond donors (Lipinski definition) is 1. The van der Waals surface area contributed by atoms with Gasteiger partial charge in [0.2, 0.25) is 5.91 Å². The van der Waals surface area contributed by atoms with E-state index in [4.69, 9.17) is 0 Å². The Bertz CT molecular complexity index is 372. The molecule has 1 amide bonds. The van der Waals surface area contributed by atoms with Crippen LogP contribution in [0.1, 0.15) is 39.0 Å². The quantitative estimate of drug-likeness (QED) is 0.826. The normalized spacial score (nSPS) is 46.8. The van der Waals surface area contributed by atoms with Crippen LogP contribution in [-0.2, 0) is 4.79 Å². The number of carbonyl (C=O) groups excluding carboxylic acids is 1. The molecule has 4 fully saturated rings. The van der Waals surface area contributed by atoms with Crippen LogP contribution in [0.4, 0.5) is 0 Å². The Balaban J connectivity index is 1.37. The van der Waals surface area contributed by atoms with Crippen molar-refractivity contribution in [2.45, 2.75) is 44.6 Å². The average molecular weight is 249 g/mol. The van der Waals surface area contributed by atoms with Crippen molar-refractivity contribution in [2.24, 2.45) is 29.6 Å². The molecule has 4 unspecified atom stereocenters. The third-order valence-electron chi connectivity index (χ3n) is 6.02. The number of aliphatic hydroxyl groups is 1. The Morgan fingerprint density at radius 2 is 1.89 bits per heavy atom. The summed E-state index contributed by atoms with van der Waals surface area (Å²) in [4.78, 5) is 14.3. The van der Waals surface area contributed by atoms with Crippen LogP contribution in [0.15, 0.2) is 0 Å². The van der Waals surface area contributed by atoms with E-state index in [1.165, 1.54) is 19.3 Å². The Hall–Kier alpha value is -0.570. The zero-order valence-electron chi connectivity index (χ0n) is 11.1. The first-order valence-corrected chi connectivity index (χ1v) is 7.64. The molecule has 3 nitrogen and oxygen atoms in total. The summed E-state index contributed by atoms with van der Waals surface area (Å²) < 4.78 is 0. The zero-order valence-corrected chi connectivity index (χ0v) is 11.1. The van der Waals surface area contributed by atoms with E-state index < -0.39 is 5.60 Å². The fourth-order valence-corrected chi connectivity index (χ4v) is 5.31. The summed E-state index contributed by atoms with van der Waals surface area (Å²) in [6.07, 6.45) is 5.97. The standard InChI is InChI=1S/C15H23NO2/c1-2-5-15(18)7-16(8-15)14(17)13-11-9-3-4-10(6-9)12(11)13/h9-13,18H,2-8H2,1H3. The molecular formula is C15H23NO2. The van der Waals surface area contributed by atoms with Gasteiger partial charge in [0.15, 0.2) is 0 Å². The number of β-amino-alcohol motifs (C(OH)–C–C–N with tert-alkyl or cyclic N) is 1. The second-order valence-electron chi connectivity index (χ2n) is 7.18. The van der Waals surface area contributed by atoms with Gasteiger partial charge in [-0.25, -0.2) is 0 Å². The minimum absolute atomic E-state index is 0.349. The highest BCUT2D eigenvalue weighted by Gasteiger charge is 2.68. The van der Waals surface area contributed by atoms with Crippen molar-refractivity contribution in [1.82, 2.24) is 4.90 Å². The van der Waals surface area contributed by atoms with Crippen LogP contribution in [0, 0.1) is 29.6 Å². The second kappa shape index (κ2) is 3.50. The molecular weight excluding hydrogens is 226 g/mol. The molecule has 1 saturated heterocycles. The fourth-order valence-electron chi connectivity index (χ4n) is 5.31. The number of rotatable bonds is 3. The lowest BCUT2D eigenvalue weighted by molar-refractivity contribution is -0.158. The Morgan fingerprint density at radius 3 is 2.44 bits per heavy atom. The third kappa shape index (κ3) is 1.37. The maximum Gasteiger partial charge on any atom is 0.226 e. The van der Waals surface area contributed by atoms with Gasteiger partial charge < -0.3 is 10.0 Å². The Kier molecular flexibility index (Phi) is 2.19. The first-order valence-electron chi connectivity index (χ1n) is 7.64. The van der Waals surface area contributed by atoms with Crippen molar-refractivity contribution in [2.75, 3.05) is 13.1 Å². The van der Waals surface area contributed by atoms with Crippen molar-refractivity contribution < 1.29 is 9.90 Å². The van der Waals surface area contributed by atoms with Gasteiger partial charge in [-0.05, 0) is 49.4 Å². The van der Waals surface area contributed by atoms with E-state index in [1.807, 2.05) is 4.90 Å². The lowest BCUT2D eigenvalue weighted by Crippen LogP contribution is -2.63. The predicted molar refractivity (Wildman–Crippen MR) is 67.7 cm³/mol. The predicted octanol–water partition coefficient (Wildman–Crippen LogP) is 1.65. The number of nitrogens with zero attached hydrogens (tertiary/aromatic N) is 1. The van der Waals surface area contributed by atoms with Crippen LogP contribution >= 0.6 is 0 Å². The summed E-state index contributed by atoms with van der Waals surface area (Å²) in [5.41, 5.74) is -0.562. The molecule has 0 spiro atoms. The molecule has 4 rings (SSSR count). The Morgan fingerprint density at radius 1 is 1.28 bits per heavy atom. The SMILES string of the molecule is CCCC1(O)CN(C(=O)C2C3C4CCC(C4)C23)C1. The van der Waals surface area contributed by atoms with Crippen LogP contribution in [-0.4, -0.2) is 34.6 Å². The molecule has 0 aromatic carbocycles. The van der Waals surface area contributed by atoms with Gasteiger partial charge in [0, 0.05) is 5.92 Å². The molecule has 2 bridgehead atoms. The Labute approximate surface area is 109 Å². The van der Waals surface area contributed by atoms with Gasteiger partial charge in [0.05, 0.1) is 18.7 Å². The van der Waals surface area contributed by atoms with Gasteiger partial charge >= 0.3 is 0 Å². The van der Waals surface area contributed by atoms with Crippen LogP contribution in [0.5, 0.6) is 0 Å². The number of likely N-dealkylation sites (tertiary alicyclic amines) is 1. The van der Waals surface area contributed by atoms with E-state index in [-0.39, 0.29) is 0 Å². The smallest absolute Gasteiger partial charge is 0.226 e. The van der Waals surface area contributed by atoms with Gasteiger partial charge in [0.25, 0.3) is 0 Å². The van der Waals surface area contributed by atoms with Crippen LogP contribution in [0.3, 0.4) is 0 Å².